The van der Waals surface area contributed by atoms with Crippen LogP contribution in [0.25, 0.3) is 0 Å². The molecular formula is C34H42N4O5. The molecule has 0 bridgehead atoms. The predicted molar refractivity (Wildman–Crippen MR) is 163 cm³/mol. The lowest BCUT2D eigenvalue weighted by Gasteiger charge is -2.38. The van der Waals surface area contributed by atoms with Gasteiger partial charge >= 0.3 is 5.97 Å². The lowest BCUT2D eigenvalue weighted by molar-refractivity contribution is -0.102. The van der Waals surface area contributed by atoms with E-state index < -0.39 is 12.3 Å². The Morgan fingerprint density at radius 2 is 1.79 bits per heavy atom. The van der Waals surface area contributed by atoms with E-state index in [0.29, 0.717) is 23.6 Å². The zero-order valence-corrected chi connectivity index (χ0v) is 24.8. The molecule has 2 N–H and O–H groups in total. The maximum Gasteiger partial charge on any atom is 0.335 e. The SMILES string of the molecule is Cc1cccc(C2CN(C3CCOCC3)C(O)N2CC2CCN(Cc3ccc(Oc4ccc(C(=O)O)cc4)nc3)CC2)c1. The number of aryl methyl sites for hydroxylation is 1. The van der Waals surface area contributed by atoms with E-state index in [2.05, 4.69) is 50.9 Å². The Kier molecular flexibility index (Phi) is 9.35. The molecule has 0 radical (unpaired) electrons. The second kappa shape index (κ2) is 13.5. The molecule has 43 heavy (non-hydrogen) atoms. The molecule has 3 aliphatic rings. The summed E-state index contributed by atoms with van der Waals surface area (Å²) in [6.07, 6.45) is 5.44. The number of hydrogen-bond acceptors (Lipinski definition) is 8. The van der Waals surface area contributed by atoms with E-state index in [1.807, 2.05) is 18.3 Å². The summed E-state index contributed by atoms with van der Waals surface area (Å²) in [5.74, 6) is 0.605. The topological polar surface area (TPSA) is 98.6 Å². The quantitative estimate of drug-likeness (QED) is 0.363. The minimum Gasteiger partial charge on any atom is -0.478 e. The van der Waals surface area contributed by atoms with Crippen molar-refractivity contribution in [2.75, 3.05) is 39.4 Å². The van der Waals surface area contributed by atoms with E-state index in [0.717, 1.165) is 77.2 Å². The maximum atomic E-state index is 11.6. The number of nitrogens with zero attached hydrogens (tertiary/aromatic N) is 4. The van der Waals surface area contributed by atoms with Crippen LogP contribution in [0.2, 0.25) is 0 Å². The normalized spacial score (nSPS) is 23.0. The van der Waals surface area contributed by atoms with Crippen LogP contribution < -0.4 is 4.74 Å². The fourth-order valence-electron chi connectivity index (χ4n) is 6.74. The number of carboxylic acid groups (broad SMARTS) is 1. The van der Waals surface area contributed by atoms with Crippen LogP contribution in [0.3, 0.4) is 0 Å². The van der Waals surface area contributed by atoms with Crippen molar-refractivity contribution in [1.29, 1.82) is 0 Å². The van der Waals surface area contributed by atoms with Crippen LogP contribution >= 0.6 is 0 Å². The number of hydrogen-bond donors (Lipinski definition) is 2. The number of aromatic carboxylic acids is 1. The summed E-state index contributed by atoms with van der Waals surface area (Å²) >= 11 is 0. The van der Waals surface area contributed by atoms with Crippen molar-refractivity contribution < 1.29 is 24.5 Å². The zero-order chi connectivity index (χ0) is 29.8. The number of pyridine rings is 1. The van der Waals surface area contributed by atoms with Crippen LogP contribution in [0, 0.1) is 12.8 Å². The minimum absolute atomic E-state index is 0.192. The third kappa shape index (κ3) is 7.25. The van der Waals surface area contributed by atoms with Gasteiger partial charge in [-0.3, -0.25) is 14.7 Å². The first-order valence-electron chi connectivity index (χ1n) is 15.5. The number of likely N-dealkylation sites (tertiary alicyclic amines) is 1. The van der Waals surface area contributed by atoms with Crippen LogP contribution in [0.15, 0.2) is 66.9 Å². The van der Waals surface area contributed by atoms with E-state index >= 15 is 0 Å². The number of carbonyl (C=O) groups is 1. The van der Waals surface area contributed by atoms with E-state index in [1.165, 1.54) is 23.3 Å². The van der Waals surface area contributed by atoms with Gasteiger partial charge in [-0.05, 0) is 87.0 Å². The Bertz CT molecular complexity index is 1350. The highest BCUT2D eigenvalue weighted by molar-refractivity contribution is 5.87. The van der Waals surface area contributed by atoms with Crippen LogP contribution in [0.4, 0.5) is 0 Å². The number of benzene rings is 2. The van der Waals surface area contributed by atoms with Gasteiger partial charge in [0, 0.05) is 51.2 Å². The molecule has 3 aliphatic heterocycles. The van der Waals surface area contributed by atoms with Gasteiger partial charge in [-0.1, -0.05) is 35.9 Å². The summed E-state index contributed by atoms with van der Waals surface area (Å²) in [6, 6.07) is 19.5. The first kappa shape index (κ1) is 29.7. The molecule has 4 heterocycles. The van der Waals surface area contributed by atoms with Crippen molar-refractivity contribution in [2.24, 2.45) is 5.92 Å². The van der Waals surface area contributed by atoms with E-state index in [9.17, 15) is 9.90 Å². The Morgan fingerprint density at radius 1 is 1.02 bits per heavy atom. The molecule has 0 amide bonds. The van der Waals surface area contributed by atoms with Gasteiger partial charge in [0.15, 0.2) is 6.35 Å². The van der Waals surface area contributed by atoms with Crippen molar-refractivity contribution in [3.63, 3.8) is 0 Å². The van der Waals surface area contributed by atoms with Crippen LogP contribution in [-0.4, -0.2) is 87.7 Å². The number of ether oxygens (including phenoxy) is 2. The Balaban J connectivity index is 1.03. The Morgan fingerprint density at radius 3 is 2.47 bits per heavy atom. The highest BCUT2D eigenvalue weighted by Crippen LogP contribution is 2.37. The fourth-order valence-corrected chi connectivity index (χ4v) is 6.74. The number of rotatable bonds is 9. The molecule has 0 spiro atoms. The molecule has 3 fully saturated rings. The molecule has 2 aromatic carbocycles. The molecule has 1 aromatic heterocycles. The summed E-state index contributed by atoms with van der Waals surface area (Å²) in [6.45, 7) is 8.31. The van der Waals surface area contributed by atoms with E-state index in [4.69, 9.17) is 14.6 Å². The fraction of sp³-hybridized carbons (Fsp3) is 0.471. The van der Waals surface area contributed by atoms with Crippen LogP contribution in [0.5, 0.6) is 11.6 Å². The molecule has 3 aromatic rings. The van der Waals surface area contributed by atoms with Gasteiger partial charge in [0.05, 0.1) is 11.6 Å². The van der Waals surface area contributed by atoms with Crippen LogP contribution in [0.1, 0.15) is 58.8 Å². The Hall–Kier alpha value is -3.34. The van der Waals surface area contributed by atoms with Crippen molar-refractivity contribution in [2.45, 2.75) is 57.6 Å². The third-order valence-corrected chi connectivity index (χ3v) is 9.17. The summed E-state index contributed by atoms with van der Waals surface area (Å²) in [5, 5.41) is 20.6. The first-order valence-corrected chi connectivity index (χ1v) is 15.5. The lowest BCUT2D eigenvalue weighted by atomic mass is 9.94. The van der Waals surface area contributed by atoms with Gasteiger partial charge in [0.2, 0.25) is 5.88 Å². The molecule has 2 unspecified atom stereocenters. The highest BCUT2D eigenvalue weighted by Gasteiger charge is 2.43. The van der Waals surface area contributed by atoms with Crippen LogP contribution in [-0.2, 0) is 11.3 Å². The first-order chi connectivity index (χ1) is 20.9. The summed E-state index contributed by atoms with van der Waals surface area (Å²) in [4.78, 5) is 22.7. The number of aliphatic hydroxyl groups is 1. The van der Waals surface area contributed by atoms with E-state index in [1.54, 1.807) is 12.1 Å². The van der Waals surface area contributed by atoms with Gasteiger partial charge < -0.3 is 19.7 Å². The summed E-state index contributed by atoms with van der Waals surface area (Å²) < 4.78 is 11.4. The van der Waals surface area contributed by atoms with Gasteiger partial charge in [0.1, 0.15) is 5.75 Å². The van der Waals surface area contributed by atoms with Crippen molar-refractivity contribution >= 4 is 5.97 Å². The van der Waals surface area contributed by atoms with Gasteiger partial charge in [-0.15, -0.1) is 0 Å². The zero-order valence-electron chi connectivity index (χ0n) is 24.8. The monoisotopic (exact) mass is 586 g/mol. The maximum absolute atomic E-state index is 11.6. The molecule has 2 atom stereocenters. The summed E-state index contributed by atoms with van der Waals surface area (Å²) in [7, 11) is 0. The second-order valence-electron chi connectivity index (χ2n) is 12.2. The highest BCUT2D eigenvalue weighted by atomic mass is 16.5. The number of aliphatic hydroxyl groups excluding tert-OH is 1. The predicted octanol–water partition coefficient (Wildman–Crippen LogP) is 4.91. The molecule has 228 valence electrons. The van der Waals surface area contributed by atoms with Crippen molar-refractivity contribution in [3.8, 4) is 11.6 Å². The molecule has 0 saturated carbocycles. The third-order valence-electron chi connectivity index (χ3n) is 9.17. The van der Waals surface area contributed by atoms with E-state index in [-0.39, 0.29) is 11.6 Å². The minimum atomic E-state index is -0.963. The molecular weight excluding hydrogens is 544 g/mol. The molecule has 9 nitrogen and oxygen atoms in total. The van der Waals surface area contributed by atoms with Gasteiger partial charge in [-0.2, -0.15) is 0 Å². The average Bonchev–Trinajstić information content (AvgIpc) is 3.35. The standard InChI is InChI=1S/C34H42N4O5/c1-24-3-2-4-28(19-24)31-23-37(29-13-17-42-18-14-29)34(41)38(31)22-25-11-15-36(16-12-25)21-26-5-10-32(35-20-26)43-30-8-6-27(7-9-30)33(39)40/h2-10,19-20,25,29,31,34,41H,11-18,21-23H2,1H3,(H,39,40). The molecule has 0 aliphatic carbocycles. The second-order valence-corrected chi connectivity index (χ2v) is 12.2. The van der Waals surface area contributed by atoms with Crippen molar-refractivity contribution in [3.05, 3.63) is 89.1 Å². The number of piperidine rings is 1. The summed E-state index contributed by atoms with van der Waals surface area (Å²) in [5.41, 5.74) is 3.91. The largest absolute Gasteiger partial charge is 0.478 e. The molecule has 3 saturated heterocycles. The van der Waals surface area contributed by atoms with Crippen molar-refractivity contribution in [1.82, 2.24) is 19.7 Å². The van der Waals surface area contributed by atoms with Gasteiger partial charge in [0.25, 0.3) is 0 Å². The molecule has 9 heteroatoms. The number of carboxylic acids is 1. The number of aromatic nitrogens is 1. The van der Waals surface area contributed by atoms with Gasteiger partial charge in [-0.25, -0.2) is 9.78 Å². The molecule has 6 rings (SSSR count). The Labute approximate surface area is 253 Å². The average molecular weight is 587 g/mol. The lowest BCUT2D eigenvalue weighted by Crippen LogP contribution is -2.48. The smallest absolute Gasteiger partial charge is 0.335 e.